The monoisotopic (exact) mass is 444 g/mol. The number of aryl methyl sites for hydroxylation is 1. The number of carboxylic acid groups (broad SMARTS) is 1. The summed E-state index contributed by atoms with van der Waals surface area (Å²) in [6, 6.07) is 17.1. The number of benzene rings is 2. The van der Waals surface area contributed by atoms with E-state index in [9.17, 15) is 9.90 Å². The van der Waals surface area contributed by atoms with E-state index in [1.54, 1.807) is 6.20 Å². The Labute approximate surface area is 195 Å². The Kier molecular flexibility index (Phi) is 6.94. The van der Waals surface area contributed by atoms with E-state index in [1.807, 2.05) is 0 Å². The molecule has 2 heterocycles. The molecule has 1 unspecified atom stereocenters. The number of pyridine rings is 1. The summed E-state index contributed by atoms with van der Waals surface area (Å²) in [5.41, 5.74) is 7.04. The zero-order chi connectivity index (χ0) is 23.4. The maximum atomic E-state index is 11.5. The number of carboxylic acids is 1. The van der Waals surface area contributed by atoms with Gasteiger partial charge in [0.2, 0.25) is 0 Å². The van der Waals surface area contributed by atoms with Crippen LogP contribution in [0.2, 0.25) is 0 Å². The predicted octanol–water partition coefficient (Wildman–Crippen LogP) is 5.36. The Morgan fingerprint density at radius 2 is 1.94 bits per heavy atom. The van der Waals surface area contributed by atoms with Gasteiger partial charge in [0.15, 0.2) is 0 Å². The number of aromatic nitrogens is 1. The van der Waals surface area contributed by atoms with Gasteiger partial charge in [-0.1, -0.05) is 32.0 Å². The van der Waals surface area contributed by atoms with Crippen molar-refractivity contribution in [3.05, 3.63) is 83.2 Å². The molecule has 1 atom stereocenters. The standard InChI is InChI=1S/C27H32N4O2/c1-18(2)19-6-8-21(9-7-19)31(3)22-10-11-23-20(15-22)5-4-13-29-26(23)17-30-25-16-28-14-12-24(25)27(32)33/h6-12,14-16,18,26,29-30H,4-5,13,17H2,1-3H3,(H,32,33). The first-order valence-corrected chi connectivity index (χ1v) is 11.5. The molecule has 1 aromatic heterocycles. The van der Waals surface area contributed by atoms with E-state index in [2.05, 4.69) is 83.9 Å². The number of hydrogen-bond acceptors (Lipinski definition) is 5. The van der Waals surface area contributed by atoms with Gasteiger partial charge in [-0.2, -0.15) is 0 Å². The minimum Gasteiger partial charge on any atom is -0.478 e. The topological polar surface area (TPSA) is 77.5 Å². The molecule has 0 fully saturated rings. The summed E-state index contributed by atoms with van der Waals surface area (Å²) in [6.07, 6.45) is 5.15. The summed E-state index contributed by atoms with van der Waals surface area (Å²) in [7, 11) is 2.11. The van der Waals surface area contributed by atoms with Crippen LogP contribution in [0.3, 0.4) is 0 Å². The van der Waals surface area contributed by atoms with E-state index in [1.165, 1.54) is 40.3 Å². The molecule has 172 valence electrons. The number of nitrogens with zero attached hydrogens (tertiary/aromatic N) is 2. The minimum atomic E-state index is -0.955. The van der Waals surface area contributed by atoms with Crippen LogP contribution in [0.5, 0.6) is 0 Å². The van der Waals surface area contributed by atoms with Crippen molar-refractivity contribution in [2.24, 2.45) is 0 Å². The van der Waals surface area contributed by atoms with Crippen molar-refractivity contribution in [2.75, 3.05) is 30.4 Å². The van der Waals surface area contributed by atoms with Crippen LogP contribution in [-0.2, 0) is 6.42 Å². The summed E-state index contributed by atoms with van der Waals surface area (Å²) < 4.78 is 0. The van der Waals surface area contributed by atoms with Gasteiger partial charge >= 0.3 is 5.97 Å². The van der Waals surface area contributed by atoms with Gasteiger partial charge in [-0.3, -0.25) is 4.98 Å². The highest BCUT2D eigenvalue weighted by molar-refractivity contribution is 5.93. The van der Waals surface area contributed by atoms with Crippen LogP contribution in [0.1, 0.15) is 59.3 Å². The van der Waals surface area contributed by atoms with Crippen molar-refractivity contribution in [3.63, 3.8) is 0 Å². The Morgan fingerprint density at radius 1 is 1.18 bits per heavy atom. The Bertz CT molecular complexity index is 1110. The van der Waals surface area contributed by atoms with Gasteiger partial charge in [-0.05, 0) is 72.3 Å². The molecule has 0 saturated carbocycles. The molecule has 6 nitrogen and oxygen atoms in total. The normalized spacial score (nSPS) is 15.6. The second-order valence-corrected chi connectivity index (χ2v) is 8.91. The van der Waals surface area contributed by atoms with Crippen LogP contribution in [0, 0.1) is 0 Å². The number of rotatable bonds is 7. The van der Waals surface area contributed by atoms with Gasteiger partial charge in [0, 0.05) is 37.2 Å². The molecule has 4 rings (SSSR count). The smallest absolute Gasteiger partial charge is 0.337 e. The first-order chi connectivity index (χ1) is 15.9. The van der Waals surface area contributed by atoms with Crippen LogP contribution in [-0.4, -0.2) is 36.2 Å². The minimum absolute atomic E-state index is 0.0917. The van der Waals surface area contributed by atoms with Gasteiger partial charge in [0.05, 0.1) is 17.4 Å². The fraction of sp³-hybridized carbons (Fsp3) is 0.333. The summed E-state index contributed by atoms with van der Waals surface area (Å²) in [5, 5.41) is 16.3. The second kappa shape index (κ2) is 10.0. The van der Waals surface area contributed by atoms with Gasteiger partial charge in [0.25, 0.3) is 0 Å². The third-order valence-corrected chi connectivity index (χ3v) is 6.40. The molecule has 0 spiro atoms. The van der Waals surface area contributed by atoms with E-state index < -0.39 is 5.97 Å². The molecule has 0 amide bonds. The SMILES string of the molecule is CC(C)c1ccc(N(C)c2ccc3c(c2)CCCNC3CNc2cnccc2C(=O)O)cc1. The molecule has 6 heteroatoms. The maximum absolute atomic E-state index is 11.5. The fourth-order valence-electron chi connectivity index (χ4n) is 4.37. The van der Waals surface area contributed by atoms with Gasteiger partial charge < -0.3 is 20.6 Å². The molecule has 3 aromatic rings. The molecule has 0 saturated heterocycles. The van der Waals surface area contributed by atoms with Crippen molar-refractivity contribution in [1.29, 1.82) is 0 Å². The van der Waals surface area contributed by atoms with Crippen molar-refractivity contribution in [1.82, 2.24) is 10.3 Å². The van der Waals surface area contributed by atoms with E-state index in [0.29, 0.717) is 18.2 Å². The highest BCUT2D eigenvalue weighted by Gasteiger charge is 2.20. The summed E-state index contributed by atoms with van der Waals surface area (Å²) >= 11 is 0. The third-order valence-electron chi connectivity index (χ3n) is 6.40. The highest BCUT2D eigenvalue weighted by atomic mass is 16.4. The largest absolute Gasteiger partial charge is 0.478 e. The van der Waals surface area contributed by atoms with Crippen LogP contribution >= 0.6 is 0 Å². The van der Waals surface area contributed by atoms with Gasteiger partial charge in [-0.25, -0.2) is 4.79 Å². The highest BCUT2D eigenvalue weighted by Crippen LogP contribution is 2.31. The lowest BCUT2D eigenvalue weighted by atomic mass is 9.97. The first kappa shape index (κ1) is 22.8. The Balaban J connectivity index is 1.54. The van der Waals surface area contributed by atoms with Crippen LogP contribution < -0.4 is 15.5 Å². The number of hydrogen-bond donors (Lipinski definition) is 3. The maximum Gasteiger partial charge on any atom is 0.337 e. The zero-order valence-corrected chi connectivity index (χ0v) is 19.5. The lowest BCUT2D eigenvalue weighted by molar-refractivity contribution is 0.0697. The summed E-state index contributed by atoms with van der Waals surface area (Å²) in [4.78, 5) is 17.8. The Morgan fingerprint density at radius 3 is 2.67 bits per heavy atom. The molecule has 0 radical (unpaired) electrons. The van der Waals surface area contributed by atoms with Crippen molar-refractivity contribution < 1.29 is 9.90 Å². The molecule has 1 aliphatic heterocycles. The molecule has 1 aliphatic rings. The van der Waals surface area contributed by atoms with Crippen molar-refractivity contribution in [3.8, 4) is 0 Å². The average Bonchev–Trinajstić information content (AvgIpc) is 3.04. The third kappa shape index (κ3) is 5.17. The van der Waals surface area contributed by atoms with Gasteiger partial charge in [-0.15, -0.1) is 0 Å². The number of anilines is 3. The van der Waals surface area contributed by atoms with E-state index in [4.69, 9.17) is 0 Å². The number of nitrogens with one attached hydrogen (secondary N) is 2. The summed E-state index contributed by atoms with van der Waals surface area (Å²) in [5.74, 6) is -0.434. The lowest BCUT2D eigenvalue weighted by Gasteiger charge is -2.24. The molecule has 33 heavy (non-hydrogen) atoms. The predicted molar refractivity (Wildman–Crippen MR) is 134 cm³/mol. The van der Waals surface area contributed by atoms with Gasteiger partial charge in [0.1, 0.15) is 0 Å². The Hall–Kier alpha value is -3.38. The lowest BCUT2D eigenvalue weighted by Crippen LogP contribution is -2.28. The van der Waals surface area contributed by atoms with E-state index >= 15 is 0 Å². The molecular weight excluding hydrogens is 412 g/mol. The average molecular weight is 445 g/mol. The number of fused-ring (bicyclic) bond motifs is 1. The van der Waals surface area contributed by atoms with E-state index in [-0.39, 0.29) is 11.6 Å². The van der Waals surface area contributed by atoms with Crippen molar-refractivity contribution in [2.45, 2.75) is 38.6 Å². The van der Waals surface area contributed by atoms with Crippen molar-refractivity contribution >= 4 is 23.0 Å². The molecular formula is C27H32N4O2. The summed E-state index contributed by atoms with van der Waals surface area (Å²) in [6.45, 7) is 5.93. The van der Waals surface area contributed by atoms with Crippen LogP contribution in [0.4, 0.5) is 17.1 Å². The first-order valence-electron chi connectivity index (χ1n) is 11.5. The number of aromatic carboxylic acids is 1. The molecule has 0 bridgehead atoms. The molecule has 3 N–H and O–H groups in total. The molecule has 0 aliphatic carbocycles. The number of carbonyl (C=O) groups is 1. The van der Waals surface area contributed by atoms with E-state index in [0.717, 1.165) is 19.4 Å². The molecule has 2 aromatic carbocycles. The van der Waals surface area contributed by atoms with Crippen LogP contribution in [0.25, 0.3) is 0 Å². The zero-order valence-electron chi connectivity index (χ0n) is 19.5. The quantitative estimate of drug-likeness (QED) is 0.455. The van der Waals surface area contributed by atoms with Crippen LogP contribution in [0.15, 0.2) is 60.9 Å². The second-order valence-electron chi connectivity index (χ2n) is 8.91. The fourth-order valence-corrected chi connectivity index (χ4v) is 4.37.